The number of anilines is 2. The van der Waals surface area contributed by atoms with E-state index < -0.39 is 10.0 Å². The number of primary sulfonamides is 1. The standard InChI is InChI=1S/C11H19N3O3S/c1-11(2,5-6-15)14-10-4-3-8(7-9(10)12)18(13,16)17/h3-4,7,14-15H,5-6,12H2,1-2H3,(H2,13,16,17). The topological polar surface area (TPSA) is 118 Å². The number of nitrogens with one attached hydrogen (secondary N) is 1. The second kappa shape index (κ2) is 5.13. The minimum Gasteiger partial charge on any atom is -0.397 e. The molecule has 0 aliphatic carbocycles. The van der Waals surface area contributed by atoms with Crippen LogP contribution in [0, 0.1) is 0 Å². The number of benzene rings is 1. The second-order valence-corrected chi connectivity index (χ2v) is 6.34. The number of nitrogens with two attached hydrogens (primary N) is 2. The highest BCUT2D eigenvalue weighted by Crippen LogP contribution is 2.26. The van der Waals surface area contributed by atoms with Crippen LogP contribution in [0.15, 0.2) is 23.1 Å². The first-order valence-electron chi connectivity index (χ1n) is 5.47. The molecule has 0 saturated carbocycles. The van der Waals surface area contributed by atoms with Gasteiger partial charge in [-0.2, -0.15) is 0 Å². The van der Waals surface area contributed by atoms with Crippen molar-refractivity contribution in [2.24, 2.45) is 5.14 Å². The monoisotopic (exact) mass is 273 g/mol. The Bertz CT molecular complexity index is 526. The number of aliphatic hydroxyl groups is 1. The lowest BCUT2D eigenvalue weighted by molar-refractivity contribution is 0.261. The van der Waals surface area contributed by atoms with E-state index in [1.165, 1.54) is 12.1 Å². The molecular weight excluding hydrogens is 254 g/mol. The Morgan fingerprint density at radius 1 is 1.39 bits per heavy atom. The van der Waals surface area contributed by atoms with E-state index in [1.807, 2.05) is 13.8 Å². The zero-order chi connectivity index (χ0) is 14.0. The van der Waals surface area contributed by atoms with Crippen LogP contribution in [-0.4, -0.2) is 25.7 Å². The van der Waals surface area contributed by atoms with Crippen molar-refractivity contribution >= 4 is 21.4 Å². The van der Waals surface area contributed by atoms with Crippen molar-refractivity contribution in [3.8, 4) is 0 Å². The highest BCUT2D eigenvalue weighted by Gasteiger charge is 2.18. The van der Waals surface area contributed by atoms with Crippen molar-refractivity contribution in [2.75, 3.05) is 17.7 Å². The van der Waals surface area contributed by atoms with Crippen molar-refractivity contribution in [2.45, 2.75) is 30.7 Å². The van der Waals surface area contributed by atoms with Gasteiger partial charge in [-0.05, 0) is 38.5 Å². The van der Waals surface area contributed by atoms with E-state index >= 15 is 0 Å². The molecule has 0 aromatic heterocycles. The molecule has 0 radical (unpaired) electrons. The van der Waals surface area contributed by atoms with Crippen LogP contribution in [0.1, 0.15) is 20.3 Å². The largest absolute Gasteiger partial charge is 0.397 e. The van der Waals surface area contributed by atoms with Crippen LogP contribution in [-0.2, 0) is 10.0 Å². The lowest BCUT2D eigenvalue weighted by Gasteiger charge is -2.27. The molecule has 0 bridgehead atoms. The van der Waals surface area contributed by atoms with Crippen LogP contribution in [0.3, 0.4) is 0 Å². The minimum absolute atomic E-state index is 0.0227. The molecule has 0 amide bonds. The third-order valence-electron chi connectivity index (χ3n) is 2.56. The third-order valence-corrected chi connectivity index (χ3v) is 3.47. The lowest BCUT2D eigenvalue weighted by atomic mass is 10.0. The average Bonchev–Trinajstić information content (AvgIpc) is 2.19. The van der Waals surface area contributed by atoms with Gasteiger partial charge in [0.05, 0.1) is 16.3 Å². The summed E-state index contributed by atoms with van der Waals surface area (Å²) in [7, 11) is -3.74. The van der Waals surface area contributed by atoms with Crippen molar-refractivity contribution in [1.82, 2.24) is 0 Å². The molecule has 0 aliphatic heterocycles. The van der Waals surface area contributed by atoms with Crippen LogP contribution >= 0.6 is 0 Å². The predicted molar refractivity (Wildman–Crippen MR) is 71.6 cm³/mol. The molecule has 7 heteroatoms. The molecule has 0 saturated heterocycles. The van der Waals surface area contributed by atoms with Gasteiger partial charge < -0.3 is 16.2 Å². The Kier molecular flexibility index (Phi) is 4.20. The van der Waals surface area contributed by atoms with Crippen molar-refractivity contribution < 1.29 is 13.5 Å². The molecule has 1 aromatic rings. The normalized spacial score (nSPS) is 12.4. The smallest absolute Gasteiger partial charge is 0.238 e. The Morgan fingerprint density at radius 2 is 2.00 bits per heavy atom. The Labute approximate surface area is 107 Å². The summed E-state index contributed by atoms with van der Waals surface area (Å²) in [6.07, 6.45) is 0.545. The summed E-state index contributed by atoms with van der Waals surface area (Å²) in [4.78, 5) is -0.0227. The summed E-state index contributed by atoms with van der Waals surface area (Å²) >= 11 is 0. The SMILES string of the molecule is CC(C)(CCO)Nc1ccc(S(N)(=O)=O)cc1N. The zero-order valence-corrected chi connectivity index (χ0v) is 11.3. The number of hydrogen-bond donors (Lipinski definition) is 4. The molecule has 0 spiro atoms. The van der Waals surface area contributed by atoms with E-state index in [4.69, 9.17) is 16.0 Å². The van der Waals surface area contributed by atoms with E-state index in [2.05, 4.69) is 5.32 Å². The summed E-state index contributed by atoms with van der Waals surface area (Å²) in [6.45, 7) is 3.88. The highest BCUT2D eigenvalue weighted by molar-refractivity contribution is 7.89. The van der Waals surface area contributed by atoms with Gasteiger partial charge in [0.1, 0.15) is 0 Å². The van der Waals surface area contributed by atoms with Gasteiger partial charge in [-0.25, -0.2) is 13.6 Å². The fraction of sp³-hybridized carbons (Fsp3) is 0.455. The summed E-state index contributed by atoms with van der Waals surface area (Å²) < 4.78 is 22.3. The first kappa shape index (κ1) is 14.7. The van der Waals surface area contributed by atoms with Crippen molar-refractivity contribution in [3.63, 3.8) is 0 Å². The fourth-order valence-corrected chi connectivity index (χ4v) is 2.09. The molecular formula is C11H19N3O3S. The maximum Gasteiger partial charge on any atom is 0.238 e. The molecule has 0 aliphatic rings. The lowest BCUT2D eigenvalue weighted by Crippen LogP contribution is -2.32. The van der Waals surface area contributed by atoms with E-state index in [0.29, 0.717) is 17.8 Å². The van der Waals surface area contributed by atoms with Gasteiger partial charge in [-0.15, -0.1) is 0 Å². The molecule has 1 aromatic carbocycles. The molecule has 18 heavy (non-hydrogen) atoms. The Morgan fingerprint density at radius 3 is 2.44 bits per heavy atom. The molecule has 0 fully saturated rings. The number of rotatable bonds is 5. The van der Waals surface area contributed by atoms with Gasteiger partial charge in [0, 0.05) is 12.1 Å². The first-order valence-corrected chi connectivity index (χ1v) is 7.02. The molecule has 1 rings (SSSR count). The van der Waals surface area contributed by atoms with E-state index in [-0.39, 0.29) is 17.0 Å². The average molecular weight is 273 g/mol. The number of aliphatic hydroxyl groups excluding tert-OH is 1. The van der Waals surface area contributed by atoms with Gasteiger partial charge in [0.2, 0.25) is 10.0 Å². The summed E-state index contributed by atoms with van der Waals surface area (Å²) in [5.74, 6) is 0. The fourth-order valence-electron chi connectivity index (χ4n) is 1.54. The molecule has 102 valence electrons. The quantitative estimate of drug-likeness (QED) is 0.582. The maximum absolute atomic E-state index is 11.2. The van der Waals surface area contributed by atoms with E-state index in [0.717, 1.165) is 0 Å². The molecule has 0 atom stereocenters. The molecule has 6 N–H and O–H groups in total. The van der Waals surface area contributed by atoms with Crippen LogP contribution in [0.5, 0.6) is 0 Å². The van der Waals surface area contributed by atoms with Crippen LogP contribution in [0.25, 0.3) is 0 Å². The minimum atomic E-state index is -3.74. The summed E-state index contributed by atoms with van der Waals surface area (Å²) in [5.41, 5.74) is 6.35. The van der Waals surface area contributed by atoms with E-state index in [9.17, 15) is 8.42 Å². The molecule has 6 nitrogen and oxygen atoms in total. The van der Waals surface area contributed by atoms with Crippen LogP contribution in [0.2, 0.25) is 0 Å². The Hall–Kier alpha value is -1.31. The maximum atomic E-state index is 11.2. The van der Waals surface area contributed by atoms with E-state index in [1.54, 1.807) is 6.07 Å². The molecule has 0 heterocycles. The van der Waals surface area contributed by atoms with Gasteiger partial charge in [-0.1, -0.05) is 0 Å². The Balaban J connectivity index is 3.00. The predicted octanol–water partition coefficient (Wildman–Crippen LogP) is 0.489. The third kappa shape index (κ3) is 3.86. The van der Waals surface area contributed by atoms with Gasteiger partial charge in [0.25, 0.3) is 0 Å². The summed E-state index contributed by atoms with van der Waals surface area (Å²) in [5, 5.41) is 17.1. The summed E-state index contributed by atoms with van der Waals surface area (Å²) in [6, 6.07) is 4.27. The number of hydrogen-bond acceptors (Lipinski definition) is 5. The highest BCUT2D eigenvalue weighted by atomic mass is 32.2. The van der Waals surface area contributed by atoms with Crippen LogP contribution < -0.4 is 16.2 Å². The first-order chi connectivity index (χ1) is 8.15. The number of sulfonamides is 1. The van der Waals surface area contributed by atoms with Crippen molar-refractivity contribution in [3.05, 3.63) is 18.2 Å². The van der Waals surface area contributed by atoms with Gasteiger partial charge in [-0.3, -0.25) is 0 Å². The van der Waals surface area contributed by atoms with Crippen molar-refractivity contribution in [1.29, 1.82) is 0 Å². The van der Waals surface area contributed by atoms with Gasteiger partial charge in [0.15, 0.2) is 0 Å². The van der Waals surface area contributed by atoms with Gasteiger partial charge >= 0.3 is 0 Å². The second-order valence-electron chi connectivity index (χ2n) is 4.78. The number of nitrogen functional groups attached to an aromatic ring is 1. The zero-order valence-electron chi connectivity index (χ0n) is 10.5. The molecule has 0 unspecified atom stereocenters. The van der Waals surface area contributed by atoms with Crippen LogP contribution in [0.4, 0.5) is 11.4 Å².